The van der Waals surface area contributed by atoms with Crippen molar-refractivity contribution in [1.82, 2.24) is 0 Å². The Morgan fingerprint density at radius 3 is 2.72 bits per heavy atom. The lowest BCUT2D eigenvalue weighted by atomic mass is 10.1. The van der Waals surface area contributed by atoms with E-state index < -0.39 is 4.92 Å². The smallest absolute Gasteiger partial charge is 0.269 e. The van der Waals surface area contributed by atoms with Crippen LogP contribution in [-0.2, 0) is 6.61 Å². The molecule has 0 bridgehead atoms. The van der Waals surface area contributed by atoms with Gasteiger partial charge in [-0.15, -0.1) is 0 Å². The van der Waals surface area contributed by atoms with E-state index in [1.807, 2.05) is 0 Å². The van der Waals surface area contributed by atoms with Crippen LogP contribution in [0.25, 0.3) is 0 Å². The monoisotopic (exact) mass is 250 g/mol. The number of aliphatic hydroxyl groups is 1. The van der Waals surface area contributed by atoms with E-state index in [1.54, 1.807) is 6.07 Å². The van der Waals surface area contributed by atoms with E-state index in [0.29, 0.717) is 5.56 Å². The van der Waals surface area contributed by atoms with Gasteiger partial charge in [0.15, 0.2) is 0 Å². The Labute approximate surface area is 106 Å². The van der Waals surface area contributed by atoms with Crippen LogP contribution >= 0.6 is 0 Å². The summed E-state index contributed by atoms with van der Waals surface area (Å²) in [7, 11) is 0. The summed E-state index contributed by atoms with van der Waals surface area (Å²) in [6.07, 6.45) is 2.52. The normalized spacial score (nSPS) is 14.6. The SMILES string of the molecule is CCN(CC1CC1)c1ccc([N+](=O)[O-])cc1CO. The van der Waals surface area contributed by atoms with Gasteiger partial charge in [0, 0.05) is 36.5 Å². The highest BCUT2D eigenvalue weighted by molar-refractivity contribution is 5.57. The van der Waals surface area contributed by atoms with Crippen molar-refractivity contribution in [1.29, 1.82) is 0 Å². The summed E-state index contributed by atoms with van der Waals surface area (Å²) in [5.41, 5.74) is 1.58. The fraction of sp³-hybridized carbons (Fsp3) is 0.538. The van der Waals surface area contributed by atoms with Gasteiger partial charge in [-0.1, -0.05) is 0 Å². The summed E-state index contributed by atoms with van der Waals surface area (Å²) in [5, 5.41) is 20.1. The molecule has 1 aliphatic rings. The van der Waals surface area contributed by atoms with Crippen LogP contribution in [-0.4, -0.2) is 23.1 Å². The molecule has 1 aromatic rings. The Bertz CT molecular complexity index is 444. The number of benzene rings is 1. The largest absolute Gasteiger partial charge is 0.392 e. The average molecular weight is 250 g/mol. The number of aliphatic hydroxyl groups excluding tert-OH is 1. The molecule has 18 heavy (non-hydrogen) atoms. The third-order valence-corrected chi connectivity index (χ3v) is 3.34. The fourth-order valence-electron chi connectivity index (χ4n) is 2.13. The number of anilines is 1. The molecule has 2 rings (SSSR count). The minimum absolute atomic E-state index is 0.0327. The lowest BCUT2D eigenvalue weighted by molar-refractivity contribution is -0.384. The van der Waals surface area contributed by atoms with Crippen LogP contribution in [0.5, 0.6) is 0 Å². The Balaban J connectivity index is 2.26. The van der Waals surface area contributed by atoms with Crippen LogP contribution in [0.3, 0.4) is 0 Å². The Morgan fingerprint density at radius 2 is 2.22 bits per heavy atom. The van der Waals surface area contributed by atoms with Gasteiger partial charge in [-0.05, 0) is 31.7 Å². The van der Waals surface area contributed by atoms with E-state index in [0.717, 1.165) is 24.7 Å². The number of hydrogen-bond acceptors (Lipinski definition) is 4. The molecule has 0 aromatic heterocycles. The molecular weight excluding hydrogens is 232 g/mol. The maximum atomic E-state index is 10.7. The molecule has 0 radical (unpaired) electrons. The van der Waals surface area contributed by atoms with E-state index in [1.165, 1.54) is 25.0 Å². The summed E-state index contributed by atoms with van der Waals surface area (Å²) >= 11 is 0. The van der Waals surface area contributed by atoms with E-state index in [2.05, 4.69) is 11.8 Å². The Morgan fingerprint density at radius 1 is 1.50 bits per heavy atom. The fourth-order valence-corrected chi connectivity index (χ4v) is 2.13. The minimum atomic E-state index is -0.430. The summed E-state index contributed by atoms with van der Waals surface area (Å²) in [5.74, 6) is 0.742. The highest BCUT2D eigenvalue weighted by Crippen LogP contribution is 2.33. The second-order valence-electron chi connectivity index (χ2n) is 4.71. The first-order chi connectivity index (χ1) is 8.65. The van der Waals surface area contributed by atoms with Crippen LogP contribution in [0.15, 0.2) is 18.2 Å². The minimum Gasteiger partial charge on any atom is -0.392 e. The summed E-state index contributed by atoms with van der Waals surface area (Å²) in [6.45, 7) is 3.71. The van der Waals surface area contributed by atoms with Gasteiger partial charge in [-0.2, -0.15) is 0 Å². The predicted octanol–water partition coefficient (Wildman–Crippen LogP) is 2.32. The third-order valence-electron chi connectivity index (χ3n) is 3.34. The highest BCUT2D eigenvalue weighted by Gasteiger charge is 2.25. The van der Waals surface area contributed by atoms with Gasteiger partial charge in [0.05, 0.1) is 11.5 Å². The van der Waals surface area contributed by atoms with Crippen LogP contribution in [0.4, 0.5) is 11.4 Å². The maximum Gasteiger partial charge on any atom is 0.269 e. The van der Waals surface area contributed by atoms with Gasteiger partial charge in [-0.3, -0.25) is 10.1 Å². The maximum absolute atomic E-state index is 10.7. The quantitative estimate of drug-likeness (QED) is 0.621. The molecule has 1 fully saturated rings. The van der Waals surface area contributed by atoms with Crippen LogP contribution in [0, 0.1) is 16.0 Å². The van der Waals surface area contributed by atoms with Crippen molar-refractivity contribution in [3.05, 3.63) is 33.9 Å². The van der Waals surface area contributed by atoms with Crippen LogP contribution in [0.2, 0.25) is 0 Å². The molecule has 0 unspecified atom stereocenters. The predicted molar refractivity (Wildman–Crippen MR) is 69.6 cm³/mol. The molecular formula is C13H18N2O3. The molecule has 1 saturated carbocycles. The van der Waals surface area contributed by atoms with E-state index in [-0.39, 0.29) is 12.3 Å². The van der Waals surface area contributed by atoms with Crippen molar-refractivity contribution in [2.24, 2.45) is 5.92 Å². The third kappa shape index (κ3) is 2.79. The van der Waals surface area contributed by atoms with Crippen LogP contribution in [0.1, 0.15) is 25.3 Å². The number of rotatable bonds is 6. The molecule has 98 valence electrons. The number of nitro benzene ring substituents is 1. The Hall–Kier alpha value is -1.62. The van der Waals surface area contributed by atoms with E-state index in [4.69, 9.17) is 0 Å². The van der Waals surface area contributed by atoms with Crippen molar-refractivity contribution in [2.45, 2.75) is 26.4 Å². The number of hydrogen-bond donors (Lipinski definition) is 1. The van der Waals surface area contributed by atoms with Crippen molar-refractivity contribution in [2.75, 3.05) is 18.0 Å². The first-order valence-corrected chi connectivity index (χ1v) is 6.28. The molecule has 0 saturated heterocycles. The zero-order chi connectivity index (χ0) is 13.1. The van der Waals surface area contributed by atoms with Crippen molar-refractivity contribution in [3.63, 3.8) is 0 Å². The van der Waals surface area contributed by atoms with Gasteiger partial charge < -0.3 is 10.0 Å². The molecule has 0 heterocycles. The first-order valence-electron chi connectivity index (χ1n) is 6.28. The number of nitro groups is 1. The van der Waals surface area contributed by atoms with Gasteiger partial charge >= 0.3 is 0 Å². The molecule has 1 aromatic carbocycles. The lowest BCUT2D eigenvalue weighted by Gasteiger charge is -2.25. The first kappa shape index (κ1) is 12.8. The van der Waals surface area contributed by atoms with Gasteiger partial charge in [0.25, 0.3) is 5.69 Å². The average Bonchev–Trinajstić information content (AvgIpc) is 3.19. The van der Waals surface area contributed by atoms with Crippen LogP contribution < -0.4 is 4.90 Å². The van der Waals surface area contributed by atoms with Crippen molar-refractivity contribution < 1.29 is 10.0 Å². The number of nitrogens with zero attached hydrogens (tertiary/aromatic N) is 2. The summed E-state index contributed by atoms with van der Waals surface area (Å²) in [6, 6.07) is 4.71. The highest BCUT2D eigenvalue weighted by atomic mass is 16.6. The van der Waals surface area contributed by atoms with Crippen molar-refractivity contribution in [3.8, 4) is 0 Å². The summed E-state index contributed by atoms with van der Waals surface area (Å²) < 4.78 is 0. The summed E-state index contributed by atoms with van der Waals surface area (Å²) in [4.78, 5) is 12.5. The molecule has 1 N–H and O–H groups in total. The van der Waals surface area contributed by atoms with Crippen molar-refractivity contribution >= 4 is 11.4 Å². The lowest BCUT2D eigenvalue weighted by Crippen LogP contribution is -2.26. The molecule has 0 aliphatic heterocycles. The number of non-ortho nitro benzene ring substituents is 1. The topological polar surface area (TPSA) is 66.6 Å². The van der Waals surface area contributed by atoms with E-state index in [9.17, 15) is 15.2 Å². The molecule has 0 atom stereocenters. The van der Waals surface area contributed by atoms with Gasteiger partial charge in [0.2, 0.25) is 0 Å². The molecule has 0 amide bonds. The molecule has 5 nitrogen and oxygen atoms in total. The molecule has 0 spiro atoms. The molecule has 5 heteroatoms. The zero-order valence-electron chi connectivity index (χ0n) is 10.5. The molecule has 1 aliphatic carbocycles. The second kappa shape index (κ2) is 5.35. The van der Waals surface area contributed by atoms with Gasteiger partial charge in [-0.25, -0.2) is 0 Å². The van der Waals surface area contributed by atoms with Gasteiger partial charge in [0.1, 0.15) is 0 Å². The van der Waals surface area contributed by atoms with E-state index >= 15 is 0 Å². The zero-order valence-corrected chi connectivity index (χ0v) is 10.5. The Kier molecular flexibility index (Phi) is 3.81. The standard InChI is InChI=1S/C13H18N2O3/c1-2-14(8-10-3-4-10)13-6-5-12(15(17)18)7-11(13)9-16/h5-7,10,16H,2-4,8-9H2,1H3. The second-order valence-corrected chi connectivity index (χ2v) is 4.71.